The number of hydrogen-bond donors (Lipinski definition) is 0. The van der Waals surface area contributed by atoms with E-state index in [4.69, 9.17) is 0 Å². The van der Waals surface area contributed by atoms with Gasteiger partial charge in [-0.2, -0.15) is 10.5 Å². The van der Waals surface area contributed by atoms with Gasteiger partial charge in [-0.25, -0.2) is 9.59 Å². The average Bonchev–Trinajstić information content (AvgIpc) is 3.77. The molecule has 42 heavy (non-hydrogen) atoms. The second-order valence-corrected chi connectivity index (χ2v) is 12.1. The molecule has 2 aromatic rings. The largest absolute Gasteiger partial charge is 0.465 e. The van der Waals surface area contributed by atoms with E-state index in [1.807, 2.05) is 47.0 Å². The third-order valence-electron chi connectivity index (χ3n) is 5.71. The van der Waals surface area contributed by atoms with Crippen LogP contribution in [-0.2, 0) is 9.47 Å². The second kappa shape index (κ2) is 13.0. The van der Waals surface area contributed by atoms with Crippen LogP contribution >= 0.6 is 47.0 Å². The first-order valence-electron chi connectivity index (χ1n) is 11.2. The number of carbonyl (C=O) groups excluding carboxylic acids is 2. The molecule has 0 atom stereocenters. The van der Waals surface area contributed by atoms with Crippen molar-refractivity contribution in [2.45, 2.75) is 0 Å². The molecule has 16 heteroatoms. The molecule has 12 nitrogen and oxygen atoms in total. The van der Waals surface area contributed by atoms with Crippen LogP contribution in [0.1, 0.15) is 31.8 Å². The molecule has 0 saturated heterocycles. The number of nitro groups is 2. The number of esters is 2. The number of nitriles is 2. The Morgan fingerprint density at radius 1 is 0.714 bits per heavy atom. The van der Waals surface area contributed by atoms with Gasteiger partial charge in [0.1, 0.15) is 17.7 Å². The van der Waals surface area contributed by atoms with E-state index in [2.05, 4.69) is 31.1 Å². The molecule has 0 spiro atoms. The van der Waals surface area contributed by atoms with Gasteiger partial charge in [0.2, 0.25) is 0 Å². The summed E-state index contributed by atoms with van der Waals surface area (Å²) in [6.45, 7) is 0. The SMILES string of the molecule is C1=CSC(=C2SC=CS2)S1.COC(=O)c1cc2c(c([N+](=O)[O-])c1)-c1c(cc(C(=O)OC)cc1[N+](=O)[O-])C2=C(C#N)C#N. The molecule has 0 unspecified atom stereocenters. The van der Waals surface area contributed by atoms with E-state index in [0.29, 0.717) is 0 Å². The summed E-state index contributed by atoms with van der Waals surface area (Å²) >= 11 is 7.28. The van der Waals surface area contributed by atoms with Crippen molar-refractivity contribution in [1.29, 1.82) is 10.5 Å². The molecule has 2 aromatic carbocycles. The van der Waals surface area contributed by atoms with Crippen LogP contribution in [0.5, 0.6) is 0 Å². The van der Waals surface area contributed by atoms with Gasteiger partial charge in [-0.05, 0) is 33.8 Å². The number of rotatable bonds is 4. The van der Waals surface area contributed by atoms with Gasteiger partial charge in [-0.1, -0.05) is 47.0 Å². The Hall–Kier alpha value is -4.48. The molecule has 0 radical (unpaired) electrons. The lowest BCUT2D eigenvalue weighted by atomic mass is 9.96. The molecule has 0 N–H and O–H groups in total. The molecule has 3 aliphatic rings. The van der Waals surface area contributed by atoms with Crippen LogP contribution in [0.2, 0.25) is 0 Å². The van der Waals surface area contributed by atoms with E-state index in [0.717, 1.165) is 38.5 Å². The molecule has 2 heterocycles. The smallest absolute Gasteiger partial charge is 0.338 e. The number of benzene rings is 2. The minimum absolute atomic E-state index is 0.127. The zero-order chi connectivity index (χ0) is 30.6. The fourth-order valence-corrected chi connectivity index (χ4v) is 8.12. The molecular weight excluding hydrogens is 625 g/mol. The zero-order valence-corrected chi connectivity index (χ0v) is 24.6. The average molecular weight is 639 g/mol. The summed E-state index contributed by atoms with van der Waals surface area (Å²) in [5, 5.41) is 51.1. The molecule has 5 rings (SSSR count). The molecule has 0 bridgehead atoms. The maximum atomic E-state index is 12.1. The van der Waals surface area contributed by atoms with Crippen molar-refractivity contribution in [3.05, 3.63) is 102 Å². The highest BCUT2D eigenvalue weighted by Crippen LogP contribution is 2.54. The van der Waals surface area contributed by atoms with E-state index in [9.17, 15) is 40.3 Å². The number of carbonyl (C=O) groups is 2. The first-order valence-corrected chi connectivity index (χ1v) is 14.8. The summed E-state index contributed by atoms with van der Waals surface area (Å²) in [7, 11) is 2.10. The Bertz CT molecular complexity index is 1640. The highest BCUT2D eigenvalue weighted by molar-refractivity contribution is 8.33. The second-order valence-electron chi connectivity index (χ2n) is 7.90. The Labute approximate surface area is 254 Å². The maximum absolute atomic E-state index is 12.1. The quantitative estimate of drug-likeness (QED) is 0.124. The van der Waals surface area contributed by atoms with Crippen LogP contribution in [0, 0.1) is 42.9 Å². The van der Waals surface area contributed by atoms with Crippen molar-refractivity contribution >= 4 is 75.9 Å². The van der Waals surface area contributed by atoms with Gasteiger partial charge in [-0.3, -0.25) is 20.2 Å². The topological polar surface area (TPSA) is 186 Å². The van der Waals surface area contributed by atoms with Gasteiger partial charge in [0.15, 0.2) is 0 Å². The minimum Gasteiger partial charge on any atom is -0.465 e. The van der Waals surface area contributed by atoms with Gasteiger partial charge >= 0.3 is 11.9 Å². The maximum Gasteiger partial charge on any atom is 0.338 e. The van der Waals surface area contributed by atoms with Crippen molar-refractivity contribution in [2.75, 3.05) is 14.2 Å². The number of hydrogen-bond acceptors (Lipinski definition) is 14. The lowest BCUT2D eigenvalue weighted by molar-refractivity contribution is -0.386. The summed E-state index contributed by atoms with van der Waals surface area (Å²) in [6, 6.07) is 7.33. The Balaban J connectivity index is 0.000000337. The zero-order valence-electron chi connectivity index (χ0n) is 21.3. The van der Waals surface area contributed by atoms with E-state index in [-0.39, 0.29) is 39.0 Å². The van der Waals surface area contributed by atoms with Crippen molar-refractivity contribution < 1.29 is 28.9 Å². The summed E-state index contributed by atoms with van der Waals surface area (Å²) in [4.78, 5) is 46.1. The number of thioether (sulfide) groups is 4. The predicted octanol–water partition coefficient (Wildman–Crippen LogP) is 6.92. The lowest BCUT2D eigenvalue weighted by Gasteiger charge is -2.07. The summed E-state index contributed by atoms with van der Waals surface area (Å²) in [6.07, 6.45) is 0. The van der Waals surface area contributed by atoms with Crippen LogP contribution in [0.15, 0.2) is 59.9 Å². The van der Waals surface area contributed by atoms with Crippen LogP contribution < -0.4 is 0 Å². The molecule has 2 aliphatic heterocycles. The van der Waals surface area contributed by atoms with Crippen LogP contribution in [0.3, 0.4) is 0 Å². The highest BCUT2D eigenvalue weighted by atomic mass is 32.2. The number of nitrogens with zero attached hydrogens (tertiary/aromatic N) is 4. The van der Waals surface area contributed by atoms with E-state index >= 15 is 0 Å². The van der Waals surface area contributed by atoms with Gasteiger partial charge in [-0.15, -0.1) is 0 Å². The highest BCUT2D eigenvalue weighted by Gasteiger charge is 2.40. The van der Waals surface area contributed by atoms with Gasteiger partial charge in [0, 0.05) is 28.8 Å². The van der Waals surface area contributed by atoms with Gasteiger partial charge < -0.3 is 9.47 Å². The number of allylic oxidation sites excluding steroid dienone is 1. The van der Waals surface area contributed by atoms with Crippen LogP contribution in [-0.4, -0.2) is 36.0 Å². The molecule has 0 saturated carbocycles. The van der Waals surface area contributed by atoms with Gasteiger partial charge in [0.05, 0.1) is 54.8 Å². The monoisotopic (exact) mass is 638 g/mol. The number of fused-ring (bicyclic) bond motifs is 3. The van der Waals surface area contributed by atoms with E-state index in [1.54, 1.807) is 12.1 Å². The summed E-state index contributed by atoms with van der Waals surface area (Å²) in [5.74, 6) is -1.88. The first-order chi connectivity index (χ1) is 20.2. The molecule has 0 fully saturated rings. The Morgan fingerprint density at radius 3 is 1.36 bits per heavy atom. The van der Waals surface area contributed by atoms with Gasteiger partial charge in [0.25, 0.3) is 11.4 Å². The number of nitro benzene ring substituents is 2. The molecular formula is C26H14N4O8S4. The van der Waals surface area contributed by atoms with E-state index < -0.39 is 38.7 Å². The van der Waals surface area contributed by atoms with E-state index in [1.165, 1.54) is 8.47 Å². The Kier molecular flexibility index (Phi) is 9.44. The summed E-state index contributed by atoms with van der Waals surface area (Å²) < 4.78 is 12.1. The minimum atomic E-state index is -0.938. The summed E-state index contributed by atoms with van der Waals surface area (Å²) in [5.41, 5.74) is -3.40. The van der Waals surface area contributed by atoms with Crippen molar-refractivity contribution in [1.82, 2.24) is 0 Å². The Morgan fingerprint density at radius 2 is 1.07 bits per heavy atom. The van der Waals surface area contributed by atoms with Crippen LogP contribution in [0.25, 0.3) is 16.7 Å². The standard InChI is InChI=1S/C20H10N4O8.C6H4S4/c1-31-19(25)9-3-12-16(11(7-21)8-22)13-4-10(20(26)32-2)6-15(24(29)30)18(13)17(12)14(5-9)23(27)28;1-2-8-5(7-1)6-9-3-4-10-6/h3-6H,1-2H3;1-4H. The third-order valence-corrected chi connectivity index (χ3v) is 10.5. The van der Waals surface area contributed by atoms with Crippen LogP contribution in [0.4, 0.5) is 11.4 Å². The molecule has 1 aliphatic carbocycles. The fourth-order valence-electron chi connectivity index (χ4n) is 4.09. The number of methoxy groups -OCH3 is 2. The molecule has 210 valence electrons. The predicted molar refractivity (Wildman–Crippen MR) is 161 cm³/mol. The molecule has 0 amide bonds. The third kappa shape index (κ3) is 5.79. The molecule has 0 aromatic heterocycles. The fraction of sp³-hybridized carbons (Fsp3) is 0.0769. The van der Waals surface area contributed by atoms with Crippen molar-refractivity contribution in [3.8, 4) is 23.3 Å². The normalized spacial score (nSPS) is 13.8. The first kappa shape index (κ1) is 30.5. The number of ether oxygens (including phenoxy) is 2. The van der Waals surface area contributed by atoms with Crippen molar-refractivity contribution in [2.24, 2.45) is 0 Å². The van der Waals surface area contributed by atoms with Crippen molar-refractivity contribution in [3.63, 3.8) is 0 Å². The lowest BCUT2D eigenvalue weighted by Crippen LogP contribution is -2.05.